The van der Waals surface area contributed by atoms with Crippen LogP contribution >= 0.6 is 0 Å². The third-order valence-corrected chi connectivity index (χ3v) is 1.07. The van der Waals surface area contributed by atoms with Crippen molar-refractivity contribution in [3.05, 3.63) is 0 Å². The lowest BCUT2D eigenvalue weighted by atomic mass is 10.2. The molecule has 0 radical (unpaired) electrons. The van der Waals surface area contributed by atoms with E-state index in [1.165, 1.54) is 6.92 Å². The minimum atomic E-state index is -2.06. The van der Waals surface area contributed by atoms with Gasteiger partial charge in [-0.25, -0.2) is 13.6 Å². The molecule has 66 valence electrons. The Balaban J connectivity index is 3.80. The Kier molecular flexibility index (Phi) is 4.69. The number of hydrogen-bond donors (Lipinski definition) is 1. The Hall–Kier alpha value is -0.710. The van der Waals surface area contributed by atoms with E-state index in [4.69, 9.17) is 5.73 Å². The van der Waals surface area contributed by atoms with E-state index in [0.717, 1.165) is 0 Å². The lowest BCUT2D eigenvalue weighted by molar-refractivity contribution is -0.150. The van der Waals surface area contributed by atoms with Crippen LogP contribution in [0.15, 0.2) is 0 Å². The summed E-state index contributed by atoms with van der Waals surface area (Å²) in [6.45, 7) is 0.532. The second-order valence-electron chi connectivity index (χ2n) is 1.97. The van der Waals surface area contributed by atoms with Crippen LogP contribution in [0, 0.1) is 0 Å². The number of ether oxygens (including phenoxy) is 1. The molecule has 11 heavy (non-hydrogen) atoms. The smallest absolute Gasteiger partial charge is 0.342 e. The SMILES string of the molecule is CCOC(=O)C(F)C(N)CF. The largest absolute Gasteiger partial charge is 0.464 e. The van der Waals surface area contributed by atoms with Gasteiger partial charge in [-0.1, -0.05) is 0 Å². The molecule has 0 bridgehead atoms. The number of rotatable bonds is 4. The van der Waals surface area contributed by atoms with E-state index in [2.05, 4.69) is 4.74 Å². The average Bonchev–Trinajstić information content (AvgIpc) is 2.02. The molecule has 0 fully saturated rings. The highest BCUT2D eigenvalue weighted by Gasteiger charge is 2.25. The van der Waals surface area contributed by atoms with Gasteiger partial charge < -0.3 is 10.5 Å². The predicted molar refractivity (Wildman–Crippen MR) is 35.5 cm³/mol. The van der Waals surface area contributed by atoms with E-state index in [1.807, 2.05) is 0 Å². The summed E-state index contributed by atoms with van der Waals surface area (Å²) in [5.74, 6) is -1.10. The van der Waals surface area contributed by atoms with Gasteiger partial charge >= 0.3 is 5.97 Å². The van der Waals surface area contributed by atoms with Crippen LogP contribution in [0.4, 0.5) is 8.78 Å². The molecular weight excluding hydrogens is 156 g/mol. The second-order valence-corrected chi connectivity index (χ2v) is 1.97. The van der Waals surface area contributed by atoms with Crippen LogP contribution in [0.25, 0.3) is 0 Å². The lowest BCUT2D eigenvalue weighted by Gasteiger charge is -2.10. The molecule has 0 aliphatic heterocycles. The molecule has 2 unspecified atom stereocenters. The molecule has 0 amide bonds. The van der Waals surface area contributed by atoms with Crippen molar-refractivity contribution in [2.75, 3.05) is 13.3 Å². The van der Waals surface area contributed by atoms with Crippen LogP contribution in [0.1, 0.15) is 6.92 Å². The Bertz CT molecular complexity index is 132. The van der Waals surface area contributed by atoms with Crippen molar-refractivity contribution in [1.29, 1.82) is 0 Å². The molecule has 5 heteroatoms. The van der Waals surface area contributed by atoms with E-state index in [1.54, 1.807) is 0 Å². The summed E-state index contributed by atoms with van der Waals surface area (Å²) in [7, 11) is 0. The molecule has 0 aliphatic carbocycles. The third kappa shape index (κ3) is 3.27. The molecule has 0 saturated heterocycles. The fourth-order valence-corrected chi connectivity index (χ4v) is 0.475. The van der Waals surface area contributed by atoms with Gasteiger partial charge in [0.1, 0.15) is 6.67 Å². The zero-order valence-electron chi connectivity index (χ0n) is 6.22. The van der Waals surface area contributed by atoms with Crippen molar-refractivity contribution in [1.82, 2.24) is 0 Å². The van der Waals surface area contributed by atoms with Crippen LogP contribution in [-0.4, -0.2) is 31.5 Å². The number of carbonyl (C=O) groups excluding carboxylic acids is 1. The summed E-state index contributed by atoms with van der Waals surface area (Å²) in [4.78, 5) is 10.5. The van der Waals surface area contributed by atoms with Gasteiger partial charge in [0, 0.05) is 0 Å². The van der Waals surface area contributed by atoms with Crippen molar-refractivity contribution in [2.45, 2.75) is 19.1 Å². The first kappa shape index (κ1) is 10.3. The molecule has 0 spiro atoms. The fraction of sp³-hybridized carbons (Fsp3) is 0.833. The van der Waals surface area contributed by atoms with E-state index in [-0.39, 0.29) is 6.61 Å². The van der Waals surface area contributed by atoms with Crippen LogP contribution < -0.4 is 5.73 Å². The average molecular weight is 167 g/mol. The first-order chi connectivity index (χ1) is 5.13. The first-order valence-corrected chi connectivity index (χ1v) is 3.25. The van der Waals surface area contributed by atoms with Crippen molar-refractivity contribution >= 4 is 5.97 Å². The highest BCUT2D eigenvalue weighted by atomic mass is 19.1. The van der Waals surface area contributed by atoms with Gasteiger partial charge in [-0.05, 0) is 6.92 Å². The molecule has 2 atom stereocenters. The molecule has 0 saturated carbocycles. The van der Waals surface area contributed by atoms with Crippen LogP contribution in [-0.2, 0) is 9.53 Å². The van der Waals surface area contributed by atoms with E-state index in [0.29, 0.717) is 0 Å². The summed E-state index contributed by atoms with van der Waals surface area (Å²) in [6, 6.07) is -1.41. The maximum absolute atomic E-state index is 12.5. The highest BCUT2D eigenvalue weighted by molar-refractivity contribution is 5.75. The van der Waals surface area contributed by atoms with Gasteiger partial charge in [0.25, 0.3) is 0 Å². The predicted octanol–water partition coefficient (Wildman–Crippen LogP) is 0.184. The van der Waals surface area contributed by atoms with Gasteiger partial charge in [0.2, 0.25) is 6.17 Å². The van der Waals surface area contributed by atoms with Gasteiger partial charge in [-0.3, -0.25) is 0 Å². The minimum absolute atomic E-state index is 0.0677. The van der Waals surface area contributed by atoms with E-state index in [9.17, 15) is 13.6 Å². The molecule has 0 aromatic carbocycles. The van der Waals surface area contributed by atoms with Crippen LogP contribution in [0.5, 0.6) is 0 Å². The van der Waals surface area contributed by atoms with E-state index >= 15 is 0 Å². The molecule has 3 nitrogen and oxygen atoms in total. The summed E-state index contributed by atoms with van der Waals surface area (Å²) in [5, 5.41) is 0. The number of alkyl halides is 2. The van der Waals surface area contributed by atoms with Crippen molar-refractivity contribution in [3.63, 3.8) is 0 Å². The maximum atomic E-state index is 12.5. The van der Waals surface area contributed by atoms with Crippen LogP contribution in [0.2, 0.25) is 0 Å². The molecule has 0 heterocycles. The first-order valence-electron chi connectivity index (χ1n) is 3.25. The Labute approximate surface area is 63.5 Å². The Morgan fingerprint density at radius 1 is 1.73 bits per heavy atom. The topological polar surface area (TPSA) is 52.3 Å². The number of esters is 1. The summed E-state index contributed by atoms with van der Waals surface area (Å²) >= 11 is 0. The molecule has 0 aromatic heterocycles. The van der Waals surface area contributed by atoms with Crippen molar-refractivity contribution in [3.8, 4) is 0 Å². The standard InChI is InChI=1S/C6H11F2NO2/c1-2-11-6(10)5(8)4(9)3-7/h4-5H,2-3,9H2,1H3. The van der Waals surface area contributed by atoms with Crippen LogP contribution in [0.3, 0.4) is 0 Å². The Morgan fingerprint density at radius 2 is 2.27 bits per heavy atom. The van der Waals surface area contributed by atoms with Gasteiger partial charge in [-0.2, -0.15) is 0 Å². The molecular formula is C6H11F2NO2. The summed E-state index contributed by atoms with van der Waals surface area (Å²) < 4.78 is 28.5. The second kappa shape index (κ2) is 5.01. The van der Waals surface area contributed by atoms with Gasteiger partial charge in [0.15, 0.2) is 0 Å². The van der Waals surface area contributed by atoms with Gasteiger partial charge in [-0.15, -0.1) is 0 Å². The molecule has 0 aliphatic rings. The van der Waals surface area contributed by atoms with E-state index < -0.39 is 24.9 Å². The summed E-state index contributed by atoms with van der Waals surface area (Å²) in [5.41, 5.74) is 4.90. The normalized spacial score (nSPS) is 15.6. The number of carbonyl (C=O) groups is 1. The van der Waals surface area contributed by atoms with Crippen molar-refractivity contribution < 1.29 is 18.3 Å². The third-order valence-electron chi connectivity index (χ3n) is 1.07. The number of hydrogen-bond acceptors (Lipinski definition) is 3. The zero-order valence-corrected chi connectivity index (χ0v) is 6.22. The Morgan fingerprint density at radius 3 is 2.64 bits per heavy atom. The van der Waals surface area contributed by atoms with Gasteiger partial charge in [0.05, 0.1) is 12.6 Å². The fourth-order valence-electron chi connectivity index (χ4n) is 0.475. The quantitative estimate of drug-likeness (QED) is 0.608. The highest BCUT2D eigenvalue weighted by Crippen LogP contribution is 2.00. The lowest BCUT2D eigenvalue weighted by Crippen LogP contribution is -2.40. The number of halogens is 2. The summed E-state index contributed by atoms with van der Waals surface area (Å²) in [6.07, 6.45) is -2.06. The van der Waals surface area contributed by atoms with Crippen molar-refractivity contribution in [2.24, 2.45) is 5.73 Å². The zero-order chi connectivity index (χ0) is 8.85. The monoisotopic (exact) mass is 167 g/mol. The maximum Gasteiger partial charge on any atom is 0.342 e. The number of nitrogens with two attached hydrogens (primary N) is 1. The molecule has 2 N–H and O–H groups in total. The molecule has 0 aromatic rings. The minimum Gasteiger partial charge on any atom is -0.464 e. The molecule has 0 rings (SSSR count).